The van der Waals surface area contributed by atoms with Crippen molar-refractivity contribution in [3.63, 3.8) is 0 Å². The van der Waals surface area contributed by atoms with Crippen LogP contribution in [0.4, 0.5) is 10.5 Å². The molecule has 0 spiro atoms. The van der Waals surface area contributed by atoms with Gasteiger partial charge in [0.05, 0.1) is 0 Å². The lowest BCUT2D eigenvalue weighted by Crippen LogP contribution is -2.52. The fourth-order valence-corrected chi connectivity index (χ4v) is 4.25. The Morgan fingerprint density at radius 2 is 1.81 bits per heavy atom. The normalized spacial score (nSPS) is 30.2. The molecule has 3 heterocycles. The van der Waals surface area contributed by atoms with Crippen molar-refractivity contribution < 1.29 is 4.79 Å². The van der Waals surface area contributed by atoms with Gasteiger partial charge in [-0.1, -0.05) is 6.07 Å². The number of anilines is 1. The van der Waals surface area contributed by atoms with Crippen LogP contribution in [0.15, 0.2) is 18.2 Å². The molecule has 110 valence electrons. The smallest absolute Gasteiger partial charge is 0.321 e. The second-order valence-corrected chi connectivity index (χ2v) is 7.13. The zero-order chi connectivity index (χ0) is 14.0. The first-order chi connectivity index (χ1) is 10.3. The molecule has 1 aliphatic carbocycles. The molecule has 4 heteroatoms. The maximum Gasteiger partial charge on any atom is 0.321 e. The SMILES string of the molecule is O=C(Nc1ccc2c(c1)C1CCC2N1)N1CC(C2CC2)C1. The van der Waals surface area contributed by atoms with E-state index in [9.17, 15) is 4.79 Å². The first-order valence-electron chi connectivity index (χ1n) is 8.24. The number of rotatable bonds is 2. The van der Waals surface area contributed by atoms with Crippen LogP contribution in [-0.2, 0) is 0 Å². The topological polar surface area (TPSA) is 44.4 Å². The maximum absolute atomic E-state index is 12.2. The number of carbonyl (C=O) groups excluding carboxylic acids is 1. The molecule has 4 nitrogen and oxygen atoms in total. The molecule has 2 amide bonds. The fraction of sp³-hybridized carbons (Fsp3) is 0.588. The number of fused-ring (bicyclic) bond motifs is 5. The number of likely N-dealkylation sites (tertiary alicyclic amines) is 1. The Labute approximate surface area is 124 Å². The highest BCUT2D eigenvalue weighted by atomic mass is 16.2. The van der Waals surface area contributed by atoms with E-state index in [0.29, 0.717) is 12.1 Å². The molecule has 5 rings (SSSR count). The van der Waals surface area contributed by atoms with Gasteiger partial charge in [-0.15, -0.1) is 0 Å². The minimum atomic E-state index is 0.0722. The summed E-state index contributed by atoms with van der Waals surface area (Å²) in [7, 11) is 0. The maximum atomic E-state index is 12.2. The van der Waals surface area contributed by atoms with Gasteiger partial charge in [-0.25, -0.2) is 4.79 Å². The average Bonchev–Trinajstić information content (AvgIpc) is 3.04. The van der Waals surface area contributed by atoms with E-state index in [4.69, 9.17) is 0 Å². The molecular weight excluding hydrogens is 262 g/mol. The van der Waals surface area contributed by atoms with Crippen molar-refractivity contribution in [2.24, 2.45) is 11.8 Å². The van der Waals surface area contributed by atoms with Gasteiger partial charge in [0.1, 0.15) is 0 Å². The lowest BCUT2D eigenvalue weighted by Gasteiger charge is -2.39. The van der Waals surface area contributed by atoms with Crippen LogP contribution < -0.4 is 10.6 Å². The highest BCUT2D eigenvalue weighted by molar-refractivity contribution is 5.90. The molecule has 1 saturated carbocycles. The summed E-state index contributed by atoms with van der Waals surface area (Å²) in [4.78, 5) is 14.2. The minimum Gasteiger partial charge on any atom is -0.324 e. The van der Waals surface area contributed by atoms with E-state index < -0.39 is 0 Å². The van der Waals surface area contributed by atoms with Gasteiger partial charge in [0.25, 0.3) is 0 Å². The van der Waals surface area contributed by atoms with Crippen molar-refractivity contribution in [1.82, 2.24) is 10.2 Å². The molecule has 21 heavy (non-hydrogen) atoms. The van der Waals surface area contributed by atoms with Crippen LogP contribution in [0.25, 0.3) is 0 Å². The number of amides is 2. The Hall–Kier alpha value is -1.55. The summed E-state index contributed by atoms with van der Waals surface area (Å²) in [5, 5.41) is 6.69. The Morgan fingerprint density at radius 3 is 2.57 bits per heavy atom. The van der Waals surface area contributed by atoms with Crippen LogP contribution in [0.1, 0.15) is 48.9 Å². The predicted octanol–water partition coefficient (Wildman–Crippen LogP) is 3.04. The molecule has 1 aromatic carbocycles. The summed E-state index contributed by atoms with van der Waals surface area (Å²) in [6, 6.07) is 7.53. The van der Waals surface area contributed by atoms with Crippen molar-refractivity contribution in [3.05, 3.63) is 29.3 Å². The van der Waals surface area contributed by atoms with Crippen molar-refractivity contribution in [3.8, 4) is 0 Å². The van der Waals surface area contributed by atoms with Gasteiger partial charge < -0.3 is 15.5 Å². The van der Waals surface area contributed by atoms with Crippen LogP contribution in [0.2, 0.25) is 0 Å². The van der Waals surface area contributed by atoms with Crippen LogP contribution >= 0.6 is 0 Å². The number of benzene rings is 1. The molecular formula is C17H21N3O. The molecule has 2 unspecified atom stereocenters. The summed E-state index contributed by atoms with van der Waals surface area (Å²) >= 11 is 0. The highest BCUT2D eigenvalue weighted by Crippen LogP contribution is 2.45. The van der Waals surface area contributed by atoms with Gasteiger partial charge in [-0.05, 0) is 60.8 Å². The number of nitrogens with zero attached hydrogens (tertiary/aromatic N) is 1. The molecule has 3 aliphatic heterocycles. The largest absolute Gasteiger partial charge is 0.324 e. The third kappa shape index (κ3) is 1.89. The molecule has 4 aliphatic rings. The standard InChI is InChI=1S/C17H21N3O/c21-17(20-8-11(9-20)10-1-2-10)18-12-3-4-13-14(7-12)16-6-5-15(13)19-16/h3-4,7,10-11,15-16,19H,1-2,5-6,8-9H2,(H,18,21). The molecule has 2 atom stereocenters. The molecule has 3 fully saturated rings. The summed E-state index contributed by atoms with van der Waals surface area (Å²) in [5.41, 5.74) is 3.77. The Balaban J connectivity index is 1.27. The summed E-state index contributed by atoms with van der Waals surface area (Å²) in [6.45, 7) is 1.90. The third-order valence-electron chi connectivity index (χ3n) is 5.72. The van der Waals surface area contributed by atoms with Crippen LogP contribution in [0, 0.1) is 11.8 Å². The van der Waals surface area contributed by atoms with Gasteiger partial charge >= 0.3 is 6.03 Å². The molecule has 2 bridgehead atoms. The van der Waals surface area contributed by atoms with Crippen molar-refractivity contribution >= 4 is 11.7 Å². The molecule has 0 aromatic heterocycles. The Bertz CT molecular complexity index is 604. The molecule has 0 radical (unpaired) electrons. The number of carbonyl (C=O) groups is 1. The highest BCUT2D eigenvalue weighted by Gasteiger charge is 2.41. The fourth-order valence-electron chi connectivity index (χ4n) is 4.25. The zero-order valence-electron chi connectivity index (χ0n) is 12.1. The lowest BCUT2D eigenvalue weighted by atomic mass is 9.91. The molecule has 2 N–H and O–H groups in total. The Morgan fingerprint density at radius 1 is 1.05 bits per heavy atom. The number of nitrogens with one attached hydrogen (secondary N) is 2. The summed E-state index contributed by atoms with van der Waals surface area (Å²) in [6.07, 6.45) is 5.23. The second kappa shape index (κ2) is 4.23. The van der Waals surface area contributed by atoms with Gasteiger partial charge in [-0.3, -0.25) is 0 Å². The number of hydrogen-bond donors (Lipinski definition) is 2. The van der Waals surface area contributed by atoms with Crippen LogP contribution in [0.5, 0.6) is 0 Å². The van der Waals surface area contributed by atoms with Crippen LogP contribution in [0.3, 0.4) is 0 Å². The summed E-state index contributed by atoms with van der Waals surface area (Å²) < 4.78 is 0. The van der Waals surface area contributed by atoms with Crippen molar-refractivity contribution in [2.45, 2.75) is 37.8 Å². The van der Waals surface area contributed by atoms with E-state index in [-0.39, 0.29) is 6.03 Å². The predicted molar refractivity (Wildman–Crippen MR) is 81.1 cm³/mol. The minimum absolute atomic E-state index is 0.0722. The first kappa shape index (κ1) is 12.0. The van der Waals surface area contributed by atoms with Gasteiger partial charge in [0.15, 0.2) is 0 Å². The van der Waals surface area contributed by atoms with Crippen LogP contribution in [-0.4, -0.2) is 24.0 Å². The van der Waals surface area contributed by atoms with E-state index in [1.54, 1.807) is 0 Å². The summed E-state index contributed by atoms with van der Waals surface area (Å²) in [5.74, 6) is 1.69. The van der Waals surface area contributed by atoms with E-state index in [2.05, 4.69) is 28.8 Å². The quantitative estimate of drug-likeness (QED) is 0.876. The molecule has 2 saturated heterocycles. The lowest BCUT2D eigenvalue weighted by molar-refractivity contribution is 0.118. The molecule has 1 aromatic rings. The monoisotopic (exact) mass is 283 g/mol. The van der Waals surface area contributed by atoms with Crippen molar-refractivity contribution in [2.75, 3.05) is 18.4 Å². The van der Waals surface area contributed by atoms with E-state index in [1.165, 1.54) is 36.8 Å². The van der Waals surface area contributed by atoms with E-state index in [0.717, 1.165) is 30.6 Å². The van der Waals surface area contributed by atoms with E-state index >= 15 is 0 Å². The average molecular weight is 283 g/mol. The van der Waals surface area contributed by atoms with E-state index in [1.807, 2.05) is 4.90 Å². The first-order valence-corrected chi connectivity index (χ1v) is 8.24. The number of urea groups is 1. The zero-order valence-corrected chi connectivity index (χ0v) is 12.1. The van der Waals surface area contributed by atoms with Gasteiger partial charge in [-0.2, -0.15) is 0 Å². The third-order valence-corrected chi connectivity index (χ3v) is 5.72. The Kier molecular flexibility index (Phi) is 2.42. The van der Waals surface area contributed by atoms with Gasteiger partial charge in [0.2, 0.25) is 0 Å². The second-order valence-electron chi connectivity index (χ2n) is 7.13. The van der Waals surface area contributed by atoms with Crippen molar-refractivity contribution in [1.29, 1.82) is 0 Å². The van der Waals surface area contributed by atoms with Gasteiger partial charge in [0, 0.05) is 30.9 Å². The number of hydrogen-bond acceptors (Lipinski definition) is 2.